The molecule has 1 N–H and O–H groups in total. The molecule has 0 spiro atoms. The number of hydrogen-bond acceptors (Lipinski definition) is 5. The number of benzene rings is 2. The molecule has 0 atom stereocenters. The number of hydrazone groups is 1. The summed E-state index contributed by atoms with van der Waals surface area (Å²) in [6, 6.07) is 13.8. The number of rotatable bonds is 6. The molecule has 0 unspecified atom stereocenters. The number of carbonyl (C=O) groups excluding carboxylic acids is 1. The van der Waals surface area contributed by atoms with Crippen molar-refractivity contribution < 1.29 is 13.9 Å². The third-order valence-corrected chi connectivity index (χ3v) is 4.92. The minimum atomic E-state index is -0.511. The molecule has 0 aliphatic carbocycles. The SMILES string of the molecule is COC(=O)c1cc(-c2ccc(/C=N\NCc3c(Cl)cccc3Cl)o2)ccc1Cl. The van der Waals surface area contributed by atoms with Gasteiger partial charge < -0.3 is 14.6 Å². The van der Waals surface area contributed by atoms with Gasteiger partial charge in [0.15, 0.2) is 0 Å². The van der Waals surface area contributed by atoms with E-state index in [0.717, 1.165) is 5.56 Å². The molecule has 5 nitrogen and oxygen atoms in total. The van der Waals surface area contributed by atoms with Gasteiger partial charge in [0.25, 0.3) is 0 Å². The number of furan rings is 1. The molecule has 28 heavy (non-hydrogen) atoms. The van der Waals surface area contributed by atoms with Gasteiger partial charge in [0.1, 0.15) is 11.5 Å². The van der Waals surface area contributed by atoms with Crippen molar-refractivity contribution in [1.82, 2.24) is 5.43 Å². The van der Waals surface area contributed by atoms with Crippen molar-refractivity contribution in [2.75, 3.05) is 7.11 Å². The minimum absolute atomic E-state index is 0.270. The molecule has 0 radical (unpaired) electrons. The van der Waals surface area contributed by atoms with E-state index in [1.165, 1.54) is 13.3 Å². The first-order chi connectivity index (χ1) is 13.5. The molecular weight excluding hydrogens is 423 g/mol. The number of methoxy groups -OCH3 is 1. The molecule has 8 heteroatoms. The molecular formula is C20H15Cl3N2O3. The van der Waals surface area contributed by atoms with Crippen LogP contribution in [-0.4, -0.2) is 19.3 Å². The van der Waals surface area contributed by atoms with Crippen LogP contribution in [0.3, 0.4) is 0 Å². The predicted molar refractivity (Wildman–Crippen MR) is 111 cm³/mol. The molecule has 0 amide bonds. The van der Waals surface area contributed by atoms with Crippen LogP contribution in [-0.2, 0) is 11.3 Å². The first-order valence-electron chi connectivity index (χ1n) is 8.16. The fourth-order valence-corrected chi connectivity index (χ4v) is 3.18. The molecule has 144 valence electrons. The fourth-order valence-electron chi connectivity index (χ4n) is 2.46. The largest absolute Gasteiger partial charge is 0.465 e. The van der Waals surface area contributed by atoms with E-state index < -0.39 is 5.97 Å². The van der Waals surface area contributed by atoms with Gasteiger partial charge in [-0.15, -0.1) is 0 Å². The highest BCUT2D eigenvalue weighted by molar-refractivity contribution is 6.36. The zero-order chi connectivity index (χ0) is 20.1. The quantitative estimate of drug-likeness (QED) is 0.300. The van der Waals surface area contributed by atoms with Crippen LogP contribution in [0.1, 0.15) is 21.7 Å². The summed E-state index contributed by atoms with van der Waals surface area (Å²) >= 11 is 18.3. The zero-order valence-electron chi connectivity index (χ0n) is 14.7. The lowest BCUT2D eigenvalue weighted by atomic mass is 10.1. The summed E-state index contributed by atoms with van der Waals surface area (Å²) in [7, 11) is 1.30. The molecule has 1 heterocycles. The van der Waals surface area contributed by atoms with E-state index >= 15 is 0 Å². The first kappa shape index (κ1) is 20.3. The van der Waals surface area contributed by atoms with Crippen LogP contribution >= 0.6 is 34.8 Å². The molecule has 3 rings (SSSR count). The number of nitrogens with one attached hydrogen (secondary N) is 1. The van der Waals surface area contributed by atoms with Crippen LogP contribution in [0.15, 0.2) is 58.0 Å². The number of carbonyl (C=O) groups is 1. The van der Waals surface area contributed by atoms with E-state index in [4.69, 9.17) is 44.0 Å². The Bertz CT molecular complexity index is 1010. The highest BCUT2D eigenvalue weighted by Gasteiger charge is 2.13. The van der Waals surface area contributed by atoms with E-state index in [2.05, 4.69) is 10.5 Å². The molecule has 0 bridgehead atoms. The van der Waals surface area contributed by atoms with Gasteiger partial charge in [-0.2, -0.15) is 5.10 Å². The van der Waals surface area contributed by atoms with E-state index in [-0.39, 0.29) is 5.56 Å². The highest BCUT2D eigenvalue weighted by atomic mass is 35.5. The van der Waals surface area contributed by atoms with E-state index in [0.29, 0.717) is 38.7 Å². The number of halogens is 3. The Kier molecular flexibility index (Phi) is 6.62. The predicted octanol–water partition coefficient (Wildman–Crippen LogP) is 5.82. The van der Waals surface area contributed by atoms with Crippen LogP contribution in [0.2, 0.25) is 15.1 Å². The maximum absolute atomic E-state index is 11.8. The van der Waals surface area contributed by atoms with Gasteiger partial charge in [0, 0.05) is 21.2 Å². The van der Waals surface area contributed by atoms with Crippen molar-refractivity contribution in [1.29, 1.82) is 0 Å². The van der Waals surface area contributed by atoms with Crippen molar-refractivity contribution in [3.05, 3.63) is 80.5 Å². The third-order valence-electron chi connectivity index (χ3n) is 3.88. The average Bonchev–Trinajstić information content (AvgIpc) is 3.15. The summed E-state index contributed by atoms with van der Waals surface area (Å²) in [5.41, 5.74) is 4.61. The van der Waals surface area contributed by atoms with Crippen LogP contribution in [0.5, 0.6) is 0 Å². The molecule has 2 aromatic carbocycles. The number of ether oxygens (including phenoxy) is 1. The Labute approximate surface area is 176 Å². The Morgan fingerprint density at radius 3 is 2.57 bits per heavy atom. The number of esters is 1. The second-order valence-corrected chi connectivity index (χ2v) is 6.90. The highest BCUT2D eigenvalue weighted by Crippen LogP contribution is 2.27. The molecule has 0 aliphatic rings. The van der Waals surface area contributed by atoms with E-state index in [1.807, 2.05) is 0 Å². The second kappa shape index (κ2) is 9.15. The third kappa shape index (κ3) is 4.68. The second-order valence-electron chi connectivity index (χ2n) is 5.68. The van der Waals surface area contributed by atoms with Crippen molar-refractivity contribution in [2.24, 2.45) is 5.10 Å². The van der Waals surface area contributed by atoms with Gasteiger partial charge in [-0.1, -0.05) is 40.9 Å². The molecule has 0 fully saturated rings. The normalized spacial score (nSPS) is 11.0. The van der Waals surface area contributed by atoms with Crippen LogP contribution < -0.4 is 5.43 Å². The van der Waals surface area contributed by atoms with Gasteiger partial charge in [0.2, 0.25) is 0 Å². The van der Waals surface area contributed by atoms with Crippen molar-refractivity contribution in [3.63, 3.8) is 0 Å². The smallest absolute Gasteiger partial charge is 0.339 e. The Hall–Kier alpha value is -2.47. The summed E-state index contributed by atoms with van der Waals surface area (Å²) in [5, 5.41) is 5.57. The van der Waals surface area contributed by atoms with Gasteiger partial charge in [-0.3, -0.25) is 0 Å². The summed E-state index contributed by atoms with van der Waals surface area (Å²) in [4.78, 5) is 11.8. The maximum atomic E-state index is 11.8. The molecule has 3 aromatic rings. The lowest BCUT2D eigenvalue weighted by molar-refractivity contribution is 0.0601. The van der Waals surface area contributed by atoms with Crippen LogP contribution in [0, 0.1) is 0 Å². The molecule has 0 saturated carbocycles. The summed E-state index contributed by atoms with van der Waals surface area (Å²) < 4.78 is 10.5. The van der Waals surface area contributed by atoms with Gasteiger partial charge >= 0.3 is 5.97 Å². The molecule has 1 aromatic heterocycles. The topological polar surface area (TPSA) is 63.8 Å². The lowest BCUT2D eigenvalue weighted by Crippen LogP contribution is -2.06. The zero-order valence-corrected chi connectivity index (χ0v) is 17.0. The summed E-state index contributed by atoms with van der Waals surface area (Å²) in [5.74, 6) is 0.586. The van der Waals surface area contributed by atoms with E-state index in [1.54, 1.807) is 48.5 Å². The van der Waals surface area contributed by atoms with Crippen molar-refractivity contribution >= 4 is 47.0 Å². The Balaban J connectivity index is 1.69. The average molecular weight is 438 g/mol. The maximum Gasteiger partial charge on any atom is 0.339 e. The number of nitrogens with zero attached hydrogens (tertiary/aromatic N) is 1. The summed E-state index contributed by atoms with van der Waals surface area (Å²) in [6.45, 7) is 0.377. The van der Waals surface area contributed by atoms with Crippen molar-refractivity contribution in [3.8, 4) is 11.3 Å². The fraction of sp³-hybridized carbons (Fsp3) is 0.100. The molecule has 0 saturated heterocycles. The van der Waals surface area contributed by atoms with Gasteiger partial charge in [-0.05, 0) is 42.5 Å². The van der Waals surface area contributed by atoms with Gasteiger partial charge in [-0.25, -0.2) is 4.79 Å². The van der Waals surface area contributed by atoms with Gasteiger partial charge in [0.05, 0.1) is 30.5 Å². The minimum Gasteiger partial charge on any atom is -0.465 e. The standard InChI is InChI=1S/C20H15Cl3N2O3/c1-27-20(26)14-9-12(5-7-18(14)23)19-8-6-13(28-19)10-24-25-11-15-16(21)3-2-4-17(15)22/h2-10,25H,11H2,1H3/b24-10-. The monoisotopic (exact) mass is 436 g/mol. The molecule has 0 aliphatic heterocycles. The first-order valence-corrected chi connectivity index (χ1v) is 9.30. The summed E-state index contributed by atoms with van der Waals surface area (Å²) in [6.07, 6.45) is 1.53. The Morgan fingerprint density at radius 2 is 1.86 bits per heavy atom. The van der Waals surface area contributed by atoms with E-state index in [9.17, 15) is 4.79 Å². The lowest BCUT2D eigenvalue weighted by Gasteiger charge is -2.05. The Morgan fingerprint density at radius 1 is 1.11 bits per heavy atom. The van der Waals surface area contributed by atoms with Crippen LogP contribution in [0.25, 0.3) is 11.3 Å². The van der Waals surface area contributed by atoms with Crippen LogP contribution in [0.4, 0.5) is 0 Å². The number of hydrogen-bond donors (Lipinski definition) is 1. The van der Waals surface area contributed by atoms with Crippen molar-refractivity contribution in [2.45, 2.75) is 6.54 Å².